The number of carbonyl (C=O) groups excluding carboxylic acids is 1. The van der Waals surface area contributed by atoms with E-state index < -0.39 is 0 Å². The maximum absolute atomic E-state index is 12.6. The van der Waals surface area contributed by atoms with Crippen LogP contribution in [-0.4, -0.2) is 10.9 Å². The number of rotatable bonds is 0. The van der Waals surface area contributed by atoms with Gasteiger partial charge < -0.3 is 9.52 Å². The normalized spacial score (nSPS) is 34.2. The number of aromatic hydroxyl groups is 1. The SMILES string of the molecule is O=C1c2c(cc3ccoc3c2O)C2C1[C@H]1C=C[C@@H]2C1. The molecule has 19 heavy (non-hydrogen) atoms. The quantitative estimate of drug-likeness (QED) is 0.732. The second-order valence-electron chi connectivity index (χ2n) is 5.89. The van der Waals surface area contributed by atoms with Gasteiger partial charge in [0.25, 0.3) is 0 Å². The van der Waals surface area contributed by atoms with Crippen LogP contribution in [0.3, 0.4) is 0 Å². The number of ketones is 1. The van der Waals surface area contributed by atoms with Crippen molar-refractivity contribution in [2.75, 3.05) is 0 Å². The summed E-state index contributed by atoms with van der Waals surface area (Å²) in [5.74, 6) is 1.28. The number of phenolic OH excluding ortho intramolecular Hbond substituents is 1. The van der Waals surface area contributed by atoms with E-state index in [9.17, 15) is 9.90 Å². The molecule has 1 aromatic carbocycles. The summed E-state index contributed by atoms with van der Waals surface area (Å²) in [5, 5.41) is 11.2. The average Bonchev–Trinajstić information content (AvgIpc) is 3.13. The second kappa shape index (κ2) is 2.93. The lowest BCUT2D eigenvalue weighted by Crippen LogP contribution is -2.18. The molecule has 0 spiro atoms. The third-order valence-corrected chi connectivity index (χ3v) is 5.11. The number of Topliss-reactive ketones (excluding diaryl/α,β-unsaturated/α-hetero) is 1. The van der Waals surface area contributed by atoms with Gasteiger partial charge in [-0.3, -0.25) is 4.79 Å². The Labute approximate surface area is 109 Å². The molecule has 1 fully saturated rings. The van der Waals surface area contributed by atoms with Gasteiger partial charge in [0.05, 0.1) is 11.8 Å². The lowest BCUT2D eigenvalue weighted by Gasteiger charge is -2.19. The highest BCUT2D eigenvalue weighted by molar-refractivity contribution is 6.10. The predicted molar refractivity (Wildman–Crippen MR) is 69.2 cm³/mol. The van der Waals surface area contributed by atoms with Gasteiger partial charge in [-0.25, -0.2) is 0 Å². The van der Waals surface area contributed by atoms with Crippen molar-refractivity contribution >= 4 is 16.8 Å². The molecule has 1 aromatic heterocycles. The number of hydrogen-bond donors (Lipinski definition) is 1. The Kier molecular flexibility index (Phi) is 1.52. The van der Waals surface area contributed by atoms with Crippen LogP contribution in [0.15, 0.2) is 35.0 Å². The second-order valence-corrected chi connectivity index (χ2v) is 5.89. The maximum atomic E-state index is 12.6. The van der Waals surface area contributed by atoms with Crippen LogP contribution in [-0.2, 0) is 0 Å². The Morgan fingerprint density at radius 3 is 2.84 bits per heavy atom. The Hall–Kier alpha value is -2.03. The number of allylic oxidation sites excluding steroid dienone is 2. The minimum absolute atomic E-state index is 0.0382. The van der Waals surface area contributed by atoms with Crippen molar-refractivity contribution in [1.29, 1.82) is 0 Å². The fourth-order valence-corrected chi connectivity index (χ4v) is 4.41. The molecule has 2 bridgehead atoms. The van der Waals surface area contributed by atoms with Crippen LogP contribution in [0.5, 0.6) is 5.75 Å². The first-order valence-corrected chi connectivity index (χ1v) is 6.71. The van der Waals surface area contributed by atoms with E-state index in [1.54, 1.807) is 6.26 Å². The van der Waals surface area contributed by atoms with E-state index in [4.69, 9.17) is 4.42 Å². The fourth-order valence-electron chi connectivity index (χ4n) is 4.41. The van der Waals surface area contributed by atoms with E-state index in [0.29, 0.717) is 23.0 Å². The highest BCUT2D eigenvalue weighted by Crippen LogP contribution is 2.60. The molecular formula is C16H12O3. The van der Waals surface area contributed by atoms with Crippen LogP contribution in [0.25, 0.3) is 11.0 Å². The topological polar surface area (TPSA) is 50.4 Å². The van der Waals surface area contributed by atoms with Gasteiger partial charge in [-0.1, -0.05) is 12.2 Å². The number of hydrogen-bond acceptors (Lipinski definition) is 3. The zero-order chi connectivity index (χ0) is 12.7. The van der Waals surface area contributed by atoms with Gasteiger partial charge in [-0.15, -0.1) is 0 Å². The predicted octanol–water partition coefficient (Wildman–Crippen LogP) is 3.24. The Morgan fingerprint density at radius 2 is 2.00 bits per heavy atom. The van der Waals surface area contributed by atoms with Crippen LogP contribution in [0.2, 0.25) is 0 Å². The lowest BCUT2D eigenvalue weighted by molar-refractivity contribution is 0.0909. The zero-order valence-corrected chi connectivity index (χ0v) is 10.2. The van der Waals surface area contributed by atoms with Crippen molar-refractivity contribution < 1.29 is 14.3 Å². The van der Waals surface area contributed by atoms with Crippen LogP contribution in [0.1, 0.15) is 28.3 Å². The first-order chi connectivity index (χ1) is 9.25. The molecule has 1 saturated carbocycles. The molecule has 2 unspecified atom stereocenters. The van der Waals surface area contributed by atoms with Crippen LogP contribution in [0, 0.1) is 17.8 Å². The number of furan rings is 1. The number of carbonyl (C=O) groups is 1. The average molecular weight is 252 g/mol. The molecule has 1 N–H and O–H groups in total. The summed E-state index contributed by atoms with van der Waals surface area (Å²) in [6.45, 7) is 0. The number of phenols is 1. The Bertz CT molecular complexity index is 768. The van der Waals surface area contributed by atoms with E-state index in [1.807, 2.05) is 12.1 Å². The molecule has 0 saturated heterocycles. The minimum Gasteiger partial charge on any atom is -0.504 e. The molecule has 94 valence electrons. The van der Waals surface area contributed by atoms with Crippen LogP contribution in [0.4, 0.5) is 0 Å². The standard InChI is InChI=1S/C16H12O3/c17-14-12-8-2-1-7(5-8)11(12)10-6-9-3-4-19-16(9)15(18)13(10)14/h1-4,6-8,11-12,18H,5H2/t7-,8+,11?,12?/m1/s1. The van der Waals surface area contributed by atoms with Crippen molar-refractivity contribution in [2.45, 2.75) is 12.3 Å². The van der Waals surface area contributed by atoms with Gasteiger partial charge in [0.1, 0.15) is 0 Å². The van der Waals surface area contributed by atoms with Crippen molar-refractivity contribution in [1.82, 2.24) is 0 Å². The first kappa shape index (κ1) is 9.84. The Balaban J connectivity index is 1.86. The van der Waals surface area contributed by atoms with Gasteiger partial charge in [0.15, 0.2) is 17.1 Å². The van der Waals surface area contributed by atoms with E-state index in [1.165, 1.54) is 0 Å². The molecule has 3 aliphatic carbocycles. The summed E-state index contributed by atoms with van der Waals surface area (Å²) in [6.07, 6.45) is 7.06. The molecule has 3 heteroatoms. The van der Waals surface area contributed by atoms with Gasteiger partial charge in [-0.05, 0) is 36.0 Å². The molecule has 0 amide bonds. The van der Waals surface area contributed by atoms with Gasteiger partial charge in [0.2, 0.25) is 0 Å². The van der Waals surface area contributed by atoms with E-state index in [-0.39, 0.29) is 23.4 Å². The molecule has 1 heterocycles. The maximum Gasteiger partial charge on any atom is 0.176 e. The molecule has 0 aliphatic heterocycles. The summed E-state index contributed by atoms with van der Waals surface area (Å²) in [7, 11) is 0. The lowest BCUT2D eigenvalue weighted by atomic mass is 9.83. The van der Waals surface area contributed by atoms with Gasteiger partial charge in [-0.2, -0.15) is 0 Å². The molecule has 0 radical (unpaired) electrons. The third kappa shape index (κ3) is 0.960. The van der Waals surface area contributed by atoms with Crippen molar-refractivity contribution in [3.8, 4) is 5.75 Å². The fraction of sp³-hybridized carbons (Fsp3) is 0.312. The molecule has 3 aliphatic rings. The molecule has 2 aromatic rings. The van der Waals surface area contributed by atoms with Gasteiger partial charge >= 0.3 is 0 Å². The number of fused-ring (bicyclic) bond motifs is 8. The van der Waals surface area contributed by atoms with E-state index in [0.717, 1.165) is 17.4 Å². The van der Waals surface area contributed by atoms with Crippen molar-refractivity contribution in [3.05, 3.63) is 41.7 Å². The van der Waals surface area contributed by atoms with Crippen LogP contribution < -0.4 is 0 Å². The summed E-state index contributed by atoms with van der Waals surface area (Å²) in [4.78, 5) is 12.6. The molecule has 4 atom stereocenters. The van der Waals surface area contributed by atoms with Crippen molar-refractivity contribution in [3.63, 3.8) is 0 Å². The third-order valence-electron chi connectivity index (χ3n) is 5.11. The summed E-state index contributed by atoms with van der Waals surface area (Å²) in [5.41, 5.74) is 1.97. The highest BCUT2D eigenvalue weighted by Gasteiger charge is 2.54. The molecule has 3 nitrogen and oxygen atoms in total. The number of benzene rings is 1. The first-order valence-electron chi connectivity index (χ1n) is 6.71. The summed E-state index contributed by atoms with van der Waals surface area (Å²) >= 11 is 0. The highest BCUT2D eigenvalue weighted by atomic mass is 16.3. The Morgan fingerprint density at radius 1 is 1.21 bits per heavy atom. The smallest absolute Gasteiger partial charge is 0.176 e. The monoisotopic (exact) mass is 252 g/mol. The molecular weight excluding hydrogens is 240 g/mol. The van der Waals surface area contributed by atoms with Crippen molar-refractivity contribution in [2.24, 2.45) is 17.8 Å². The molecule has 5 rings (SSSR count). The van der Waals surface area contributed by atoms with E-state index >= 15 is 0 Å². The van der Waals surface area contributed by atoms with Crippen LogP contribution >= 0.6 is 0 Å². The van der Waals surface area contributed by atoms with Gasteiger partial charge in [0, 0.05) is 17.2 Å². The largest absolute Gasteiger partial charge is 0.504 e. The van der Waals surface area contributed by atoms with E-state index in [2.05, 4.69) is 12.2 Å². The summed E-state index contributed by atoms with van der Waals surface area (Å²) in [6, 6.07) is 3.88. The summed E-state index contributed by atoms with van der Waals surface area (Å²) < 4.78 is 5.30. The zero-order valence-electron chi connectivity index (χ0n) is 10.2. The minimum atomic E-state index is 0.0382.